The van der Waals surface area contributed by atoms with Gasteiger partial charge >= 0.3 is 12.3 Å². The topological polar surface area (TPSA) is 70.2 Å². The van der Waals surface area contributed by atoms with E-state index in [1.807, 2.05) is 0 Å². The van der Waals surface area contributed by atoms with Gasteiger partial charge in [0.25, 0.3) is 0 Å². The standard InChI is InChI=1S/C31H33ClF5N3O4/c1-2-40(29(43)44-22-7-5-21(33)6-8-22)26-18-39(17-23(26)20-4-9-24(32)25(34)16-20)27(41)19-10-14-38(15-11-19)28(42)30(12-3-13-30)31(35,36)37/h4-9,16,19,23,26H,2-3,10-15,17-18H2,1H3. The molecule has 3 aliphatic rings. The van der Waals surface area contributed by atoms with Crippen molar-refractivity contribution >= 4 is 29.5 Å². The first-order valence-electron chi connectivity index (χ1n) is 14.7. The van der Waals surface area contributed by atoms with Crippen LogP contribution in [-0.2, 0) is 9.59 Å². The van der Waals surface area contributed by atoms with Gasteiger partial charge in [0.2, 0.25) is 11.8 Å². The van der Waals surface area contributed by atoms with Crippen LogP contribution < -0.4 is 4.74 Å². The highest BCUT2D eigenvalue weighted by Crippen LogP contribution is 2.54. The van der Waals surface area contributed by atoms with Crippen LogP contribution in [0.4, 0.5) is 26.7 Å². The molecule has 13 heteroatoms. The molecule has 2 aliphatic heterocycles. The number of piperidine rings is 1. The number of nitrogens with zero attached hydrogens (tertiary/aromatic N) is 3. The van der Waals surface area contributed by atoms with Crippen molar-refractivity contribution in [1.82, 2.24) is 14.7 Å². The summed E-state index contributed by atoms with van der Waals surface area (Å²) in [6.07, 6.45) is -4.99. The molecule has 1 saturated carbocycles. The van der Waals surface area contributed by atoms with Gasteiger partial charge in [-0.25, -0.2) is 13.6 Å². The lowest BCUT2D eigenvalue weighted by Gasteiger charge is -2.45. The maximum absolute atomic E-state index is 14.5. The highest BCUT2D eigenvalue weighted by atomic mass is 35.5. The quantitative estimate of drug-likeness (QED) is 0.342. The first-order chi connectivity index (χ1) is 20.8. The SMILES string of the molecule is CCN(C(=O)Oc1ccc(F)cc1)C1CN(C(=O)C2CCN(C(=O)C3(C(F)(F)F)CCC3)CC2)CC1c1ccc(Cl)c(F)c1. The number of carbonyl (C=O) groups excluding carboxylic acids is 3. The fraction of sp³-hybridized carbons (Fsp3) is 0.516. The van der Waals surface area contributed by atoms with Gasteiger partial charge in [0.15, 0.2) is 0 Å². The average molecular weight is 642 g/mol. The molecular formula is C31H33ClF5N3O4. The van der Waals surface area contributed by atoms with Gasteiger partial charge in [0, 0.05) is 44.6 Å². The van der Waals surface area contributed by atoms with Gasteiger partial charge < -0.3 is 19.4 Å². The summed E-state index contributed by atoms with van der Waals surface area (Å²) >= 11 is 5.90. The van der Waals surface area contributed by atoms with Crippen LogP contribution in [-0.4, -0.2) is 77.5 Å². The lowest BCUT2D eigenvalue weighted by Crippen LogP contribution is -2.57. The van der Waals surface area contributed by atoms with Crippen LogP contribution in [0.15, 0.2) is 42.5 Å². The summed E-state index contributed by atoms with van der Waals surface area (Å²) < 4.78 is 74.5. The number of amides is 3. The molecule has 0 spiro atoms. The second-order valence-electron chi connectivity index (χ2n) is 11.7. The van der Waals surface area contributed by atoms with Crippen molar-refractivity contribution in [3.63, 3.8) is 0 Å². The number of alkyl halides is 3. The molecule has 0 bridgehead atoms. The predicted octanol–water partition coefficient (Wildman–Crippen LogP) is 6.40. The maximum atomic E-state index is 14.5. The summed E-state index contributed by atoms with van der Waals surface area (Å²) in [6, 6.07) is 8.65. The normalized spacial score (nSPS) is 22.0. The van der Waals surface area contributed by atoms with Gasteiger partial charge in [-0.1, -0.05) is 24.1 Å². The van der Waals surface area contributed by atoms with Crippen LogP contribution in [0.5, 0.6) is 5.75 Å². The average Bonchev–Trinajstić information content (AvgIpc) is 3.39. The maximum Gasteiger partial charge on any atom is 0.415 e. The molecule has 3 amide bonds. The minimum Gasteiger partial charge on any atom is -0.410 e. The first kappa shape index (κ1) is 32.0. The van der Waals surface area contributed by atoms with Gasteiger partial charge in [-0.2, -0.15) is 13.2 Å². The summed E-state index contributed by atoms with van der Waals surface area (Å²) in [7, 11) is 0. The van der Waals surface area contributed by atoms with Crippen LogP contribution in [0.3, 0.4) is 0 Å². The highest BCUT2D eigenvalue weighted by molar-refractivity contribution is 6.30. The summed E-state index contributed by atoms with van der Waals surface area (Å²) in [5, 5.41) is -0.0743. The van der Waals surface area contributed by atoms with Gasteiger partial charge in [0.05, 0.1) is 11.1 Å². The Kier molecular flexibility index (Phi) is 9.11. The molecule has 2 saturated heterocycles. The van der Waals surface area contributed by atoms with E-state index in [2.05, 4.69) is 0 Å². The van der Waals surface area contributed by atoms with E-state index in [9.17, 15) is 36.3 Å². The van der Waals surface area contributed by atoms with Crippen molar-refractivity contribution in [1.29, 1.82) is 0 Å². The van der Waals surface area contributed by atoms with E-state index in [4.69, 9.17) is 16.3 Å². The molecule has 238 valence electrons. The highest BCUT2D eigenvalue weighted by Gasteiger charge is 2.64. The van der Waals surface area contributed by atoms with Gasteiger partial charge in [-0.15, -0.1) is 0 Å². The summed E-state index contributed by atoms with van der Waals surface area (Å²) in [5.74, 6) is -3.19. The van der Waals surface area contributed by atoms with Gasteiger partial charge in [-0.3, -0.25) is 9.59 Å². The minimum absolute atomic E-state index is 0.0429. The van der Waals surface area contributed by atoms with Crippen LogP contribution in [0, 0.1) is 23.0 Å². The van der Waals surface area contributed by atoms with Crippen molar-refractivity contribution in [2.75, 3.05) is 32.7 Å². The van der Waals surface area contributed by atoms with E-state index in [0.29, 0.717) is 12.0 Å². The van der Waals surface area contributed by atoms with E-state index in [0.717, 1.165) is 12.1 Å². The monoisotopic (exact) mass is 641 g/mol. The van der Waals surface area contributed by atoms with E-state index in [1.54, 1.807) is 17.9 Å². The Morgan fingerprint density at radius 3 is 2.20 bits per heavy atom. The summed E-state index contributed by atoms with van der Waals surface area (Å²) in [5.41, 5.74) is -1.79. The zero-order valence-corrected chi connectivity index (χ0v) is 24.8. The number of likely N-dealkylation sites (N-methyl/N-ethyl adjacent to an activating group) is 1. The molecule has 2 aromatic rings. The van der Waals surface area contributed by atoms with E-state index in [1.165, 1.54) is 34.1 Å². The summed E-state index contributed by atoms with van der Waals surface area (Å²) in [4.78, 5) is 44.1. The van der Waals surface area contributed by atoms with Crippen LogP contribution in [0.25, 0.3) is 0 Å². The third-order valence-electron chi connectivity index (χ3n) is 9.26. The third-order valence-corrected chi connectivity index (χ3v) is 9.56. The minimum atomic E-state index is -4.61. The Morgan fingerprint density at radius 2 is 1.66 bits per heavy atom. The third kappa shape index (κ3) is 6.09. The Hall–Kier alpha value is -3.41. The molecule has 2 unspecified atom stereocenters. The number of ether oxygens (including phenoxy) is 1. The van der Waals surface area contributed by atoms with Crippen molar-refractivity contribution in [2.45, 2.75) is 57.2 Å². The fourth-order valence-corrected chi connectivity index (χ4v) is 6.67. The zero-order valence-electron chi connectivity index (χ0n) is 24.1. The molecule has 3 fully saturated rings. The lowest BCUT2D eigenvalue weighted by molar-refractivity contribution is -0.249. The second kappa shape index (κ2) is 12.5. The Balaban J connectivity index is 1.31. The van der Waals surface area contributed by atoms with E-state index in [-0.39, 0.29) is 75.1 Å². The molecule has 5 rings (SSSR count). The Bertz CT molecular complexity index is 1390. The molecule has 2 aromatic carbocycles. The van der Waals surface area contributed by atoms with Crippen molar-refractivity contribution < 1.29 is 41.1 Å². The fourth-order valence-electron chi connectivity index (χ4n) is 6.55. The van der Waals surface area contributed by atoms with Crippen LogP contribution in [0.1, 0.15) is 50.5 Å². The number of halogens is 6. The number of hydrogen-bond donors (Lipinski definition) is 0. The lowest BCUT2D eigenvalue weighted by atomic mass is 9.67. The molecule has 44 heavy (non-hydrogen) atoms. The predicted molar refractivity (Wildman–Crippen MR) is 151 cm³/mol. The molecule has 2 atom stereocenters. The molecule has 0 radical (unpaired) electrons. The van der Waals surface area contributed by atoms with Gasteiger partial charge in [-0.05, 0) is 74.6 Å². The molecular weight excluding hydrogens is 609 g/mol. The second-order valence-corrected chi connectivity index (χ2v) is 12.1. The Labute approximate surface area is 256 Å². The van der Waals surface area contributed by atoms with Gasteiger partial charge in [0.1, 0.15) is 22.8 Å². The number of carbonyl (C=O) groups is 3. The molecule has 1 aliphatic carbocycles. The van der Waals surface area contributed by atoms with Crippen molar-refractivity contribution in [3.05, 3.63) is 64.7 Å². The number of likely N-dealkylation sites (tertiary alicyclic amines) is 2. The Morgan fingerprint density at radius 1 is 1.00 bits per heavy atom. The zero-order chi connectivity index (χ0) is 31.8. The molecule has 7 nitrogen and oxygen atoms in total. The molecule has 2 heterocycles. The van der Waals surface area contributed by atoms with Crippen LogP contribution >= 0.6 is 11.6 Å². The van der Waals surface area contributed by atoms with Crippen LogP contribution in [0.2, 0.25) is 5.02 Å². The van der Waals surface area contributed by atoms with Crippen molar-refractivity contribution in [2.24, 2.45) is 11.3 Å². The number of benzene rings is 2. The number of hydrogen-bond acceptors (Lipinski definition) is 4. The number of rotatable bonds is 6. The molecule has 0 aromatic heterocycles. The van der Waals surface area contributed by atoms with Crippen molar-refractivity contribution in [3.8, 4) is 5.75 Å². The largest absolute Gasteiger partial charge is 0.415 e. The molecule has 0 N–H and O–H groups in total. The van der Waals surface area contributed by atoms with E-state index >= 15 is 0 Å². The first-order valence-corrected chi connectivity index (χ1v) is 15.1. The summed E-state index contributed by atoms with van der Waals surface area (Å²) in [6.45, 7) is 2.28. The smallest absolute Gasteiger partial charge is 0.410 e. The van der Waals surface area contributed by atoms with E-state index < -0.39 is 53.1 Å².